The molecule has 2 aromatic rings. The zero-order chi connectivity index (χ0) is 19.3. The number of amides is 1. The average molecular weight is 373 g/mol. The van der Waals surface area contributed by atoms with E-state index >= 15 is 0 Å². The smallest absolute Gasteiger partial charge is 0.274 e. The number of hydrogen-bond donors (Lipinski definition) is 2. The van der Waals surface area contributed by atoms with Gasteiger partial charge in [0, 0.05) is 12.2 Å². The van der Waals surface area contributed by atoms with Crippen LogP contribution in [-0.2, 0) is 11.2 Å². The lowest BCUT2D eigenvalue weighted by molar-refractivity contribution is -0.0621. The third kappa shape index (κ3) is 5.30. The highest BCUT2D eigenvalue weighted by molar-refractivity contribution is 5.92. The Morgan fingerprint density at radius 1 is 1.41 bits per heavy atom. The molecule has 0 spiro atoms. The van der Waals surface area contributed by atoms with Gasteiger partial charge in [-0.1, -0.05) is 32.0 Å². The number of rotatable bonds is 6. The number of nitrogens with zero attached hydrogens (tertiary/aromatic N) is 2. The first-order valence-electron chi connectivity index (χ1n) is 9.27. The molecule has 1 aromatic carbocycles. The Hall–Kier alpha value is -2.38. The number of carbonyl (C=O) groups excluding carboxylic acids is 1. The molecule has 0 aliphatic carbocycles. The largest absolute Gasteiger partial charge is 0.490 e. The van der Waals surface area contributed by atoms with Crippen molar-refractivity contribution in [3.05, 3.63) is 47.8 Å². The molecular weight excluding hydrogens is 346 g/mol. The van der Waals surface area contributed by atoms with Gasteiger partial charge in [-0.15, -0.1) is 0 Å². The molecule has 1 aliphatic heterocycles. The van der Waals surface area contributed by atoms with Crippen LogP contribution in [0, 0.1) is 5.92 Å². The molecule has 0 bridgehead atoms. The number of benzene rings is 1. The van der Waals surface area contributed by atoms with Crippen LogP contribution in [0.25, 0.3) is 0 Å². The van der Waals surface area contributed by atoms with Gasteiger partial charge in [0.15, 0.2) is 0 Å². The summed E-state index contributed by atoms with van der Waals surface area (Å²) in [6.07, 6.45) is 0.832. The quantitative estimate of drug-likeness (QED) is 0.807. The third-order valence-electron chi connectivity index (χ3n) is 4.38. The van der Waals surface area contributed by atoms with Crippen molar-refractivity contribution in [1.29, 1.82) is 0 Å². The second kappa shape index (κ2) is 8.54. The van der Waals surface area contributed by atoms with Gasteiger partial charge in [0.05, 0.1) is 19.8 Å². The first kappa shape index (κ1) is 19.4. The molecule has 2 heterocycles. The number of nitrogens with one attached hydrogen (secondary N) is 1. The molecule has 0 unspecified atom stereocenters. The van der Waals surface area contributed by atoms with E-state index in [2.05, 4.69) is 24.0 Å². The summed E-state index contributed by atoms with van der Waals surface area (Å²) in [7, 11) is 0. The number of aromatic amines is 1. The van der Waals surface area contributed by atoms with Gasteiger partial charge in [0.2, 0.25) is 0 Å². The number of para-hydroxylation sites is 1. The van der Waals surface area contributed by atoms with Crippen LogP contribution in [0.3, 0.4) is 0 Å². The van der Waals surface area contributed by atoms with E-state index < -0.39 is 5.60 Å². The zero-order valence-electron chi connectivity index (χ0n) is 15.9. The van der Waals surface area contributed by atoms with Crippen molar-refractivity contribution in [3.63, 3.8) is 0 Å². The predicted octanol–water partition coefficient (Wildman–Crippen LogP) is 1.89. The summed E-state index contributed by atoms with van der Waals surface area (Å²) in [6.45, 7) is 5.28. The molecule has 1 saturated heterocycles. The van der Waals surface area contributed by atoms with E-state index in [0.29, 0.717) is 30.5 Å². The van der Waals surface area contributed by atoms with Gasteiger partial charge >= 0.3 is 0 Å². The summed E-state index contributed by atoms with van der Waals surface area (Å²) in [5.41, 5.74) is 0.0139. The van der Waals surface area contributed by atoms with Crippen LogP contribution in [0.1, 0.15) is 30.0 Å². The summed E-state index contributed by atoms with van der Waals surface area (Å²) < 4.78 is 11.2. The number of ether oxygens (including phenoxy) is 2. The first-order chi connectivity index (χ1) is 13.0. The lowest BCUT2D eigenvalue weighted by atomic mass is 10.1. The van der Waals surface area contributed by atoms with Crippen molar-refractivity contribution in [2.45, 2.75) is 25.9 Å². The molecule has 1 atom stereocenters. The third-order valence-corrected chi connectivity index (χ3v) is 4.38. The number of hydrogen-bond acceptors (Lipinski definition) is 5. The summed E-state index contributed by atoms with van der Waals surface area (Å²) in [5.74, 6) is 0.920. The summed E-state index contributed by atoms with van der Waals surface area (Å²) in [4.78, 5) is 14.4. The fourth-order valence-corrected chi connectivity index (χ4v) is 3.09. The Morgan fingerprint density at radius 3 is 2.93 bits per heavy atom. The van der Waals surface area contributed by atoms with Crippen LogP contribution in [-0.4, -0.2) is 64.6 Å². The van der Waals surface area contributed by atoms with E-state index in [1.807, 2.05) is 30.3 Å². The summed E-state index contributed by atoms with van der Waals surface area (Å²) in [5, 5.41) is 18.0. The minimum absolute atomic E-state index is 0.0416. The first-order valence-corrected chi connectivity index (χ1v) is 9.27. The van der Waals surface area contributed by atoms with Gasteiger partial charge in [-0.3, -0.25) is 9.89 Å². The maximum atomic E-state index is 12.8. The van der Waals surface area contributed by atoms with Crippen LogP contribution < -0.4 is 4.74 Å². The monoisotopic (exact) mass is 373 g/mol. The SMILES string of the molecule is CC(C)Cc1cc(C(=O)N2CCOC[C@@](O)(COc3ccccc3)C2)n[nH]1. The van der Waals surface area contributed by atoms with Crippen LogP contribution in [0.4, 0.5) is 0 Å². The average Bonchev–Trinajstić information content (AvgIpc) is 3.01. The summed E-state index contributed by atoms with van der Waals surface area (Å²) >= 11 is 0. The molecule has 0 saturated carbocycles. The molecule has 1 fully saturated rings. The normalized spacial score (nSPS) is 20.5. The number of carbonyl (C=O) groups is 1. The van der Waals surface area contributed by atoms with E-state index in [0.717, 1.165) is 12.1 Å². The minimum Gasteiger partial charge on any atom is -0.490 e. The predicted molar refractivity (Wildman–Crippen MR) is 101 cm³/mol. The van der Waals surface area contributed by atoms with Gasteiger partial charge in [-0.2, -0.15) is 5.10 Å². The maximum Gasteiger partial charge on any atom is 0.274 e. The van der Waals surface area contributed by atoms with Crippen molar-refractivity contribution in [3.8, 4) is 5.75 Å². The molecule has 2 N–H and O–H groups in total. The molecule has 27 heavy (non-hydrogen) atoms. The Morgan fingerprint density at radius 2 is 2.19 bits per heavy atom. The van der Waals surface area contributed by atoms with Crippen LogP contribution in [0.15, 0.2) is 36.4 Å². The van der Waals surface area contributed by atoms with Crippen molar-refractivity contribution >= 4 is 5.91 Å². The van der Waals surface area contributed by atoms with Crippen molar-refractivity contribution in [2.75, 3.05) is 32.9 Å². The highest BCUT2D eigenvalue weighted by Crippen LogP contribution is 2.18. The van der Waals surface area contributed by atoms with E-state index in [4.69, 9.17) is 9.47 Å². The zero-order valence-corrected chi connectivity index (χ0v) is 15.9. The fraction of sp³-hybridized carbons (Fsp3) is 0.500. The highest BCUT2D eigenvalue weighted by Gasteiger charge is 2.36. The van der Waals surface area contributed by atoms with Crippen molar-refractivity contribution < 1.29 is 19.4 Å². The molecule has 1 amide bonds. The van der Waals surface area contributed by atoms with Crippen LogP contribution in [0.5, 0.6) is 5.75 Å². The molecule has 1 aromatic heterocycles. The van der Waals surface area contributed by atoms with Gasteiger partial charge in [-0.05, 0) is 30.5 Å². The Bertz CT molecular complexity index is 747. The second-order valence-corrected chi connectivity index (χ2v) is 7.48. The van der Waals surface area contributed by atoms with Crippen molar-refractivity contribution in [1.82, 2.24) is 15.1 Å². The molecule has 0 radical (unpaired) electrons. The number of H-pyrrole nitrogens is 1. The topological polar surface area (TPSA) is 87.7 Å². The van der Waals surface area contributed by atoms with Gasteiger partial charge in [0.1, 0.15) is 23.7 Å². The minimum atomic E-state index is -1.28. The van der Waals surface area contributed by atoms with E-state index in [-0.39, 0.29) is 25.7 Å². The molecule has 3 rings (SSSR count). The molecule has 146 valence electrons. The standard InChI is InChI=1S/C20H27N3O4/c1-15(2)10-16-11-18(22-21-16)19(24)23-8-9-26-13-20(25,12-23)14-27-17-6-4-3-5-7-17/h3-7,11,15,25H,8-10,12-14H2,1-2H3,(H,21,22)/t20-/m1/s1. The Balaban J connectivity index is 1.66. The highest BCUT2D eigenvalue weighted by atomic mass is 16.5. The van der Waals surface area contributed by atoms with Gasteiger partial charge < -0.3 is 19.5 Å². The van der Waals surface area contributed by atoms with Crippen LogP contribution >= 0.6 is 0 Å². The van der Waals surface area contributed by atoms with E-state index in [1.54, 1.807) is 11.0 Å². The molecular formula is C20H27N3O4. The molecule has 7 nitrogen and oxygen atoms in total. The number of β-amino-alcohol motifs (C(OH)–C–C–N with tert-alkyl or cyclic N) is 1. The Labute approximate surface area is 159 Å². The molecule has 1 aliphatic rings. The fourth-order valence-electron chi connectivity index (χ4n) is 3.09. The van der Waals surface area contributed by atoms with E-state index in [9.17, 15) is 9.90 Å². The van der Waals surface area contributed by atoms with Gasteiger partial charge in [0.25, 0.3) is 5.91 Å². The number of aliphatic hydroxyl groups is 1. The number of aromatic nitrogens is 2. The van der Waals surface area contributed by atoms with Crippen LogP contribution in [0.2, 0.25) is 0 Å². The maximum absolute atomic E-state index is 12.8. The lowest BCUT2D eigenvalue weighted by Gasteiger charge is -2.30. The molecule has 7 heteroatoms. The Kier molecular flexibility index (Phi) is 6.13. The van der Waals surface area contributed by atoms with E-state index in [1.165, 1.54) is 0 Å². The van der Waals surface area contributed by atoms with Crippen molar-refractivity contribution in [2.24, 2.45) is 5.92 Å². The lowest BCUT2D eigenvalue weighted by Crippen LogP contribution is -2.50. The second-order valence-electron chi connectivity index (χ2n) is 7.48. The summed E-state index contributed by atoms with van der Waals surface area (Å²) in [6, 6.07) is 11.1. The van der Waals surface area contributed by atoms with Gasteiger partial charge in [-0.25, -0.2) is 0 Å².